The Morgan fingerprint density at radius 2 is 2.25 bits per heavy atom. The average Bonchev–Trinajstić information content (AvgIpc) is 2.28. The molecule has 3 atom stereocenters. The molecule has 16 heavy (non-hydrogen) atoms. The van der Waals surface area contributed by atoms with Crippen LogP contribution in [0, 0.1) is 5.92 Å². The molecule has 0 radical (unpaired) electrons. The molecule has 0 aromatic rings. The lowest BCUT2D eigenvalue weighted by Gasteiger charge is -2.36. The summed E-state index contributed by atoms with van der Waals surface area (Å²) in [6, 6.07) is 0.495. The van der Waals surface area contributed by atoms with Crippen LogP contribution in [0.15, 0.2) is 12.2 Å². The summed E-state index contributed by atoms with van der Waals surface area (Å²) in [4.78, 5) is 0. The molecule has 2 heteroatoms. The van der Waals surface area contributed by atoms with Crippen LogP contribution in [0.5, 0.6) is 0 Å². The SMILES string of the molecule is CC1CCCC(O)(CNC2C=CCCC2)C1. The van der Waals surface area contributed by atoms with Gasteiger partial charge >= 0.3 is 0 Å². The summed E-state index contributed by atoms with van der Waals surface area (Å²) < 4.78 is 0. The Morgan fingerprint density at radius 3 is 2.94 bits per heavy atom. The number of hydrogen-bond acceptors (Lipinski definition) is 2. The minimum Gasteiger partial charge on any atom is -0.389 e. The molecule has 3 unspecified atom stereocenters. The van der Waals surface area contributed by atoms with Gasteiger partial charge in [-0.2, -0.15) is 0 Å². The lowest BCUT2D eigenvalue weighted by Crippen LogP contribution is -2.46. The molecule has 0 aliphatic heterocycles. The van der Waals surface area contributed by atoms with Crippen LogP contribution in [0.25, 0.3) is 0 Å². The third-order valence-corrected chi connectivity index (χ3v) is 4.02. The molecule has 92 valence electrons. The number of nitrogens with one attached hydrogen (secondary N) is 1. The molecule has 2 nitrogen and oxygen atoms in total. The summed E-state index contributed by atoms with van der Waals surface area (Å²) in [5.41, 5.74) is -0.442. The van der Waals surface area contributed by atoms with Crippen LogP contribution in [0.3, 0.4) is 0 Å². The van der Waals surface area contributed by atoms with Crippen molar-refractivity contribution in [1.29, 1.82) is 0 Å². The molecule has 0 spiro atoms. The average molecular weight is 223 g/mol. The van der Waals surface area contributed by atoms with E-state index in [0.717, 1.165) is 19.4 Å². The molecule has 2 aliphatic rings. The third kappa shape index (κ3) is 3.33. The maximum Gasteiger partial charge on any atom is 0.0774 e. The molecular formula is C14H25NO. The lowest BCUT2D eigenvalue weighted by atomic mass is 9.79. The monoisotopic (exact) mass is 223 g/mol. The molecule has 2 aliphatic carbocycles. The van der Waals surface area contributed by atoms with E-state index in [9.17, 15) is 5.11 Å². The molecule has 0 amide bonds. The highest BCUT2D eigenvalue weighted by atomic mass is 16.3. The molecule has 0 bridgehead atoms. The Labute approximate surface area is 99.1 Å². The highest BCUT2D eigenvalue weighted by molar-refractivity contribution is 4.99. The van der Waals surface area contributed by atoms with Crippen LogP contribution in [0.2, 0.25) is 0 Å². The van der Waals surface area contributed by atoms with Crippen LogP contribution < -0.4 is 5.32 Å². The van der Waals surface area contributed by atoms with Crippen LogP contribution in [0.1, 0.15) is 51.9 Å². The number of hydrogen-bond donors (Lipinski definition) is 2. The van der Waals surface area contributed by atoms with Crippen molar-refractivity contribution in [1.82, 2.24) is 5.32 Å². The summed E-state index contributed by atoms with van der Waals surface area (Å²) in [6.45, 7) is 3.02. The smallest absolute Gasteiger partial charge is 0.0774 e. The van der Waals surface area contributed by atoms with E-state index in [2.05, 4.69) is 24.4 Å². The summed E-state index contributed by atoms with van der Waals surface area (Å²) in [5.74, 6) is 0.683. The first-order valence-electron chi connectivity index (χ1n) is 6.80. The topological polar surface area (TPSA) is 32.3 Å². The van der Waals surface area contributed by atoms with Gasteiger partial charge in [-0.15, -0.1) is 0 Å². The van der Waals surface area contributed by atoms with Gasteiger partial charge in [-0.25, -0.2) is 0 Å². The van der Waals surface area contributed by atoms with E-state index in [1.54, 1.807) is 0 Å². The zero-order chi connectivity index (χ0) is 11.4. The Hall–Kier alpha value is -0.340. The standard InChI is InChI=1S/C14H25NO/c1-12-6-5-9-14(16,10-12)11-15-13-7-3-2-4-8-13/h3,7,12-13,15-16H,2,4-6,8-11H2,1H3. The normalized spacial score (nSPS) is 39.9. The van der Waals surface area contributed by atoms with Gasteiger partial charge in [-0.3, -0.25) is 0 Å². The molecule has 0 saturated heterocycles. The van der Waals surface area contributed by atoms with E-state index in [1.165, 1.54) is 32.1 Å². The van der Waals surface area contributed by atoms with Gasteiger partial charge in [-0.1, -0.05) is 31.9 Å². The van der Waals surface area contributed by atoms with Crippen LogP contribution in [-0.2, 0) is 0 Å². The Balaban J connectivity index is 1.79. The molecule has 0 heterocycles. The lowest BCUT2D eigenvalue weighted by molar-refractivity contribution is -0.0130. The number of aliphatic hydroxyl groups is 1. The van der Waals surface area contributed by atoms with Crippen molar-refractivity contribution in [3.63, 3.8) is 0 Å². The molecule has 2 N–H and O–H groups in total. The van der Waals surface area contributed by atoms with Gasteiger partial charge in [0.05, 0.1) is 5.60 Å². The first kappa shape index (κ1) is 12.1. The molecule has 1 fully saturated rings. The molecule has 0 aromatic heterocycles. The van der Waals surface area contributed by atoms with Crippen LogP contribution >= 0.6 is 0 Å². The molecule has 0 aromatic carbocycles. The molecular weight excluding hydrogens is 198 g/mol. The summed E-state index contributed by atoms with van der Waals surface area (Å²) in [5, 5.41) is 14.0. The quantitative estimate of drug-likeness (QED) is 0.721. The van der Waals surface area contributed by atoms with Crippen LogP contribution in [-0.4, -0.2) is 23.3 Å². The fraction of sp³-hybridized carbons (Fsp3) is 0.857. The van der Waals surface area contributed by atoms with Gasteiger partial charge in [0.2, 0.25) is 0 Å². The van der Waals surface area contributed by atoms with E-state index >= 15 is 0 Å². The number of allylic oxidation sites excluding steroid dienone is 1. The highest BCUT2D eigenvalue weighted by Crippen LogP contribution is 2.31. The Kier molecular flexibility index (Phi) is 4.04. The Morgan fingerprint density at radius 1 is 1.38 bits per heavy atom. The summed E-state index contributed by atoms with van der Waals surface area (Å²) in [6.07, 6.45) is 12.7. The minimum absolute atomic E-state index is 0.442. The summed E-state index contributed by atoms with van der Waals surface area (Å²) in [7, 11) is 0. The van der Waals surface area contributed by atoms with E-state index in [0.29, 0.717) is 12.0 Å². The second kappa shape index (κ2) is 5.33. The summed E-state index contributed by atoms with van der Waals surface area (Å²) >= 11 is 0. The van der Waals surface area contributed by atoms with Gasteiger partial charge in [0, 0.05) is 12.6 Å². The van der Waals surface area contributed by atoms with E-state index < -0.39 is 5.60 Å². The van der Waals surface area contributed by atoms with Gasteiger partial charge in [0.25, 0.3) is 0 Å². The molecule has 1 saturated carbocycles. The predicted octanol–water partition coefficient (Wildman–Crippen LogP) is 2.63. The minimum atomic E-state index is -0.442. The van der Waals surface area contributed by atoms with Crippen molar-refractivity contribution < 1.29 is 5.11 Å². The van der Waals surface area contributed by atoms with Crippen molar-refractivity contribution in [3.8, 4) is 0 Å². The van der Waals surface area contributed by atoms with E-state index in [-0.39, 0.29) is 0 Å². The number of rotatable bonds is 3. The van der Waals surface area contributed by atoms with Gasteiger partial charge < -0.3 is 10.4 Å². The largest absolute Gasteiger partial charge is 0.389 e. The highest BCUT2D eigenvalue weighted by Gasteiger charge is 2.32. The fourth-order valence-electron chi connectivity index (χ4n) is 3.10. The second-order valence-corrected chi connectivity index (χ2v) is 5.77. The zero-order valence-electron chi connectivity index (χ0n) is 10.4. The van der Waals surface area contributed by atoms with Crippen LogP contribution in [0.4, 0.5) is 0 Å². The van der Waals surface area contributed by atoms with Crippen molar-refractivity contribution in [2.75, 3.05) is 6.54 Å². The van der Waals surface area contributed by atoms with Gasteiger partial charge in [0.1, 0.15) is 0 Å². The van der Waals surface area contributed by atoms with Crippen molar-refractivity contribution in [3.05, 3.63) is 12.2 Å². The van der Waals surface area contributed by atoms with Gasteiger partial charge in [-0.05, 0) is 38.0 Å². The Bertz CT molecular complexity index is 251. The first-order chi connectivity index (χ1) is 7.68. The van der Waals surface area contributed by atoms with Gasteiger partial charge in [0.15, 0.2) is 0 Å². The maximum absolute atomic E-state index is 10.5. The third-order valence-electron chi connectivity index (χ3n) is 4.02. The maximum atomic E-state index is 10.5. The first-order valence-corrected chi connectivity index (χ1v) is 6.80. The second-order valence-electron chi connectivity index (χ2n) is 5.77. The van der Waals surface area contributed by atoms with E-state index in [4.69, 9.17) is 0 Å². The van der Waals surface area contributed by atoms with Crippen molar-refractivity contribution >= 4 is 0 Å². The van der Waals surface area contributed by atoms with Crippen molar-refractivity contribution in [2.45, 2.75) is 63.5 Å². The van der Waals surface area contributed by atoms with Crippen molar-refractivity contribution in [2.24, 2.45) is 5.92 Å². The molecule has 2 rings (SSSR count). The predicted molar refractivity (Wildman–Crippen MR) is 67.4 cm³/mol. The fourth-order valence-corrected chi connectivity index (χ4v) is 3.10. The zero-order valence-corrected chi connectivity index (χ0v) is 10.4. The van der Waals surface area contributed by atoms with E-state index in [1.807, 2.05) is 0 Å².